The number of aromatic nitrogens is 2. The highest BCUT2D eigenvalue weighted by molar-refractivity contribution is 5.34. The fourth-order valence-electron chi connectivity index (χ4n) is 1.27. The molecule has 0 aromatic carbocycles. The molecule has 0 spiro atoms. The molecule has 1 N–H and O–H groups in total. The number of hydrogen-bond donors (Lipinski definition) is 1. The molecular weight excluding hydrogens is 194 g/mol. The van der Waals surface area contributed by atoms with E-state index in [4.69, 9.17) is 9.47 Å². The van der Waals surface area contributed by atoms with Crippen molar-refractivity contribution in [3.63, 3.8) is 0 Å². The van der Waals surface area contributed by atoms with E-state index >= 15 is 0 Å². The zero-order valence-corrected chi connectivity index (χ0v) is 9.41. The summed E-state index contributed by atoms with van der Waals surface area (Å²) in [5, 5.41) is 3.26. The third kappa shape index (κ3) is 3.06. The number of ether oxygens (including phenoxy) is 2. The van der Waals surface area contributed by atoms with Crippen LogP contribution in [0.4, 0.5) is 0 Å². The van der Waals surface area contributed by atoms with Crippen molar-refractivity contribution in [2.45, 2.75) is 19.9 Å². The molecule has 1 rings (SSSR count). The molecule has 1 aromatic rings. The van der Waals surface area contributed by atoms with Gasteiger partial charge >= 0.3 is 0 Å². The van der Waals surface area contributed by atoms with E-state index in [2.05, 4.69) is 22.2 Å². The summed E-state index contributed by atoms with van der Waals surface area (Å²) in [7, 11) is 3.18. The Morgan fingerprint density at radius 2 is 1.80 bits per heavy atom. The first-order chi connectivity index (χ1) is 7.33. The standard InChI is InChI=1S/C10H17N3O2/c1-4-5-11-6-8-9(14-2)12-7-13-10(8)15-3/h7,11H,4-6H2,1-3H3. The molecule has 0 aliphatic heterocycles. The summed E-state index contributed by atoms with van der Waals surface area (Å²) in [5.41, 5.74) is 0.857. The summed E-state index contributed by atoms with van der Waals surface area (Å²) in [6.07, 6.45) is 2.51. The summed E-state index contributed by atoms with van der Waals surface area (Å²) >= 11 is 0. The Morgan fingerprint density at radius 3 is 2.27 bits per heavy atom. The van der Waals surface area contributed by atoms with Crippen molar-refractivity contribution in [2.75, 3.05) is 20.8 Å². The molecule has 0 unspecified atom stereocenters. The quantitative estimate of drug-likeness (QED) is 0.711. The maximum absolute atomic E-state index is 5.15. The molecule has 15 heavy (non-hydrogen) atoms. The fraction of sp³-hybridized carbons (Fsp3) is 0.600. The van der Waals surface area contributed by atoms with E-state index in [9.17, 15) is 0 Å². The molecule has 1 heterocycles. The van der Waals surface area contributed by atoms with Crippen LogP contribution in [0, 0.1) is 0 Å². The van der Waals surface area contributed by atoms with E-state index in [0.717, 1.165) is 18.5 Å². The summed E-state index contributed by atoms with van der Waals surface area (Å²) in [4.78, 5) is 8.06. The van der Waals surface area contributed by atoms with Gasteiger partial charge in [-0.3, -0.25) is 0 Å². The lowest BCUT2D eigenvalue weighted by molar-refractivity contribution is 0.359. The van der Waals surface area contributed by atoms with Gasteiger partial charge in [0.05, 0.1) is 19.8 Å². The van der Waals surface area contributed by atoms with E-state index in [1.54, 1.807) is 14.2 Å². The van der Waals surface area contributed by atoms with Gasteiger partial charge in [0.15, 0.2) is 0 Å². The topological polar surface area (TPSA) is 56.3 Å². The Balaban J connectivity index is 2.80. The smallest absolute Gasteiger partial charge is 0.224 e. The molecule has 5 heteroatoms. The summed E-state index contributed by atoms with van der Waals surface area (Å²) in [6.45, 7) is 3.71. The second kappa shape index (κ2) is 6.19. The number of methoxy groups -OCH3 is 2. The van der Waals surface area contributed by atoms with Crippen LogP contribution >= 0.6 is 0 Å². The van der Waals surface area contributed by atoms with Crippen molar-refractivity contribution in [3.8, 4) is 11.8 Å². The largest absolute Gasteiger partial charge is 0.481 e. The summed E-state index contributed by atoms with van der Waals surface area (Å²) in [5.74, 6) is 1.12. The van der Waals surface area contributed by atoms with Crippen LogP contribution in [0.25, 0.3) is 0 Å². The molecule has 0 atom stereocenters. The average molecular weight is 211 g/mol. The zero-order chi connectivity index (χ0) is 11.1. The zero-order valence-electron chi connectivity index (χ0n) is 9.41. The Morgan fingerprint density at radius 1 is 1.20 bits per heavy atom. The Kier molecular flexibility index (Phi) is 4.83. The van der Waals surface area contributed by atoms with Gasteiger partial charge in [-0.05, 0) is 13.0 Å². The monoisotopic (exact) mass is 211 g/mol. The maximum atomic E-state index is 5.15. The first-order valence-electron chi connectivity index (χ1n) is 4.96. The summed E-state index contributed by atoms with van der Waals surface area (Å²) < 4.78 is 10.3. The van der Waals surface area contributed by atoms with Crippen LogP contribution in [0.1, 0.15) is 18.9 Å². The molecule has 0 amide bonds. The molecule has 0 saturated heterocycles. The predicted molar refractivity (Wildman–Crippen MR) is 57.1 cm³/mol. The number of hydrogen-bond acceptors (Lipinski definition) is 5. The van der Waals surface area contributed by atoms with Gasteiger partial charge in [0, 0.05) is 6.54 Å². The molecule has 5 nitrogen and oxygen atoms in total. The minimum atomic E-state index is 0.561. The van der Waals surface area contributed by atoms with Crippen LogP contribution in [0.3, 0.4) is 0 Å². The predicted octanol–water partition coefficient (Wildman–Crippen LogP) is 0.993. The Bertz CT molecular complexity index is 282. The minimum absolute atomic E-state index is 0.561. The lowest BCUT2D eigenvalue weighted by Gasteiger charge is -2.10. The first-order valence-corrected chi connectivity index (χ1v) is 4.96. The van der Waals surface area contributed by atoms with Crippen LogP contribution in [0.15, 0.2) is 6.33 Å². The second-order valence-corrected chi connectivity index (χ2v) is 3.05. The highest BCUT2D eigenvalue weighted by Gasteiger charge is 2.11. The second-order valence-electron chi connectivity index (χ2n) is 3.05. The van der Waals surface area contributed by atoms with Crippen molar-refractivity contribution in [1.29, 1.82) is 0 Å². The molecule has 84 valence electrons. The highest BCUT2D eigenvalue weighted by atomic mass is 16.5. The van der Waals surface area contributed by atoms with Crippen molar-refractivity contribution in [2.24, 2.45) is 0 Å². The maximum Gasteiger partial charge on any atom is 0.224 e. The van der Waals surface area contributed by atoms with E-state index < -0.39 is 0 Å². The lowest BCUT2D eigenvalue weighted by Crippen LogP contribution is -2.16. The third-order valence-electron chi connectivity index (χ3n) is 1.98. The number of rotatable bonds is 6. The molecule has 1 aromatic heterocycles. The van der Waals surface area contributed by atoms with Gasteiger partial charge < -0.3 is 14.8 Å². The molecule has 0 bridgehead atoms. The van der Waals surface area contributed by atoms with Crippen LogP contribution < -0.4 is 14.8 Å². The van der Waals surface area contributed by atoms with E-state index in [-0.39, 0.29) is 0 Å². The van der Waals surface area contributed by atoms with Crippen molar-refractivity contribution < 1.29 is 9.47 Å². The lowest BCUT2D eigenvalue weighted by atomic mass is 10.3. The first kappa shape index (κ1) is 11.7. The van der Waals surface area contributed by atoms with Gasteiger partial charge in [-0.15, -0.1) is 0 Å². The van der Waals surface area contributed by atoms with Crippen LogP contribution in [-0.4, -0.2) is 30.7 Å². The highest BCUT2D eigenvalue weighted by Crippen LogP contribution is 2.22. The third-order valence-corrected chi connectivity index (χ3v) is 1.98. The normalized spacial score (nSPS) is 10.1. The van der Waals surface area contributed by atoms with Gasteiger partial charge in [-0.2, -0.15) is 0 Å². The Hall–Kier alpha value is -1.36. The average Bonchev–Trinajstić information content (AvgIpc) is 2.29. The van der Waals surface area contributed by atoms with Crippen LogP contribution in [0.2, 0.25) is 0 Å². The van der Waals surface area contributed by atoms with Crippen LogP contribution in [0.5, 0.6) is 11.8 Å². The van der Waals surface area contributed by atoms with Gasteiger partial charge in [-0.25, -0.2) is 9.97 Å². The molecular formula is C10H17N3O2. The molecule has 0 fully saturated rings. The van der Waals surface area contributed by atoms with E-state index in [0.29, 0.717) is 18.3 Å². The van der Waals surface area contributed by atoms with Gasteiger partial charge in [0.2, 0.25) is 11.8 Å². The minimum Gasteiger partial charge on any atom is -0.481 e. The Labute approximate surface area is 89.8 Å². The van der Waals surface area contributed by atoms with Gasteiger partial charge in [0.25, 0.3) is 0 Å². The molecule has 0 radical (unpaired) electrons. The molecule has 0 aliphatic carbocycles. The molecule has 0 saturated carbocycles. The van der Waals surface area contributed by atoms with Gasteiger partial charge in [0.1, 0.15) is 6.33 Å². The SMILES string of the molecule is CCCNCc1c(OC)ncnc1OC. The van der Waals surface area contributed by atoms with E-state index in [1.165, 1.54) is 6.33 Å². The molecule has 0 aliphatic rings. The number of nitrogens with zero attached hydrogens (tertiary/aromatic N) is 2. The van der Waals surface area contributed by atoms with E-state index in [1.807, 2.05) is 0 Å². The van der Waals surface area contributed by atoms with Crippen molar-refractivity contribution in [1.82, 2.24) is 15.3 Å². The fourth-order valence-corrected chi connectivity index (χ4v) is 1.27. The van der Waals surface area contributed by atoms with Crippen LogP contribution in [-0.2, 0) is 6.54 Å². The van der Waals surface area contributed by atoms with Crippen molar-refractivity contribution >= 4 is 0 Å². The summed E-state index contributed by atoms with van der Waals surface area (Å²) in [6, 6.07) is 0. The van der Waals surface area contributed by atoms with Crippen molar-refractivity contribution in [3.05, 3.63) is 11.9 Å². The van der Waals surface area contributed by atoms with Gasteiger partial charge in [-0.1, -0.05) is 6.92 Å². The number of nitrogens with one attached hydrogen (secondary N) is 1.